The van der Waals surface area contributed by atoms with Gasteiger partial charge in [0.15, 0.2) is 5.41 Å². The summed E-state index contributed by atoms with van der Waals surface area (Å²) in [5.41, 5.74) is -0.138. The molecule has 2 atom stereocenters. The number of nitriles is 2. The third-order valence-electron chi connectivity index (χ3n) is 4.13. The fourth-order valence-electron chi connectivity index (χ4n) is 2.92. The number of rotatable bonds is 3. The topological polar surface area (TPSA) is 76.7 Å². The van der Waals surface area contributed by atoms with Crippen molar-refractivity contribution >= 4 is 11.6 Å². The van der Waals surface area contributed by atoms with Crippen LogP contribution in [-0.2, 0) is 4.79 Å². The smallest absolute Gasteiger partial charge is 0.230 e. The van der Waals surface area contributed by atoms with Gasteiger partial charge in [-0.15, -0.1) is 0 Å². The van der Waals surface area contributed by atoms with E-state index in [1.807, 2.05) is 30.3 Å². The molecule has 0 saturated heterocycles. The molecular formula is C18H12FN3O. The number of benzene rings is 2. The highest BCUT2D eigenvalue weighted by Crippen LogP contribution is 2.64. The summed E-state index contributed by atoms with van der Waals surface area (Å²) in [6, 6.07) is 18.4. The zero-order chi connectivity index (χ0) is 16.4. The first kappa shape index (κ1) is 14.7. The number of anilines is 1. The van der Waals surface area contributed by atoms with Crippen LogP contribution in [0.2, 0.25) is 0 Å². The van der Waals surface area contributed by atoms with Crippen molar-refractivity contribution in [2.45, 2.75) is 5.92 Å². The van der Waals surface area contributed by atoms with Crippen molar-refractivity contribution in [3.05, 3.63) is 66.0 Å². The molecule has 0 bridgehead atoms. The van der Waals surface area contributed by atoms with Gasteiger partial charge in [-0.25, -0.2) is 4.39 Å². The van der Waals surface area contributed by atoms with Crippen LogP contribution in [0.25, 0.3) is 0 Å². The van der Waals surface area contributed by atoms with Gasteiger partial charge in [0, 0.05) is 11.6 Å². The highest BCUT2D eigenvalue weighted by Gasteiger charge is 2.70. The summed E-state index contributed by atoms with van der Waals surface area (Å²) in [6.45, 7) is 0. The summed E-state index contributed by atoms with van der Waals surface area (Å²) >= 11 is 0. The van der Waals surface area contributed by atoms with E-state index in [0.717, 1.165) is 5.56 Å². The maximum absolute atomic E-state index is 12.9. The molecule has 0 heterocycles. The minimum absolute atomic E-state index is 0.403. The second-order valence-corrected chi connectivity index (χ2v) is 5.45. The summed E-state index contributed by atoms with van der Waals surface area (Å²) in [7, 11) is 0. The number of carbonyl (C=O) groups excluding carboxylic acids is 1. The Balaban J connectivity index is 1.86. The van der Waals surface area contributed by atoms with Crippen LogP contribution in [0.3, 0.4) is 0 Å². The minimum Gasteiger partial charge on any atom is -0.326 e. The third-order valence-corrected chi connectivity index (χ3v) is 4.13. The lowest BCUT2D eigenvalue weighted by Crippen LogP contribution is -2.17. The van der Waals surface area contributed by atoms with E-state index in [9.17, 15) is 19.7 Å². The molecule has 2 unspecified atom stereocenters. The number of hydrogen-bond donors (Lipinski definition) is 1. The van der Waals surface area contributed by atoms with Gasteiger partial charge in [-0.3, -0.25) is 4.79 Å². The molecule has 0 radical (unpaired) electrons. The predicted octanol–water partition coefficient (Wildman–Crippen LogP) is 3.21. The largest absolute Gasteiger partial charge is 0.326 e. The minimum atomic E-state index is -1.36. The van der Waals surface area contributed by atoms with Gasteiger partial charge in [-0.1, -0.05) is 30.3 Å². The maximum atomic E-state index is 12.9. The Morgan fingerprint density at radius 3 is 2.22 bits per heavy atom. The van der Waals surface area contributed by atoms with E-state index in [1.54, 1.807) is 12.1 Å². The monoisotopic (exact) mass is 305 g/mol. The highest BCUT2D eigenvalue weighted by molar-refractivity contribution is 5.97. The summed E-state index contributed by atoms with van der Waals surface area (Å²) in [5, 5.41) is 21.5. The van der Waals surface area contributed by atoms with E-state index >= 15 is 0 Å². The first-order valence-electron chi connectivity index (χ1n) is 7.06. The molecule has 3 rings (SSSR count). The average molecular weight is 305 g/mol. The van der Waals surface area contributed by atoms with E-state index < -0.39 is 29.0 Å². The molecule has 1 amide bonds. The van der Waals surface area contributed by atoms with Crippen molar-refractivity contribution in [3.8, 4) is 12.1 Å². The summed E-state index contributed by atoms with van der Waals surface area (Å²) in [6.07, 6.45) is 0. The molecule has 5 heteroatoms. The van der Waals surface area contributed by atoms with E-state index in [1.165, 1.54) is 24.3 Å². The molecule has 0 spiro atoms. The molecule has 1 aliphatic carbocycles. The number of amides is 1. The zero-order valence-electron chi connectivity index (χ0n) is 12.0. The molecule has 23 heavy (non-hydrogen) atoms. The Kier molecular flexibility index (Phi) is 3.56. The van der Waals surface area contributed by atoms with E-state index in [4.69, 9.17) is 0 Å². The van der Waals surface area contributed by atoms with Crippen LogP contribution < -0.4 is 5.32 Å². The van der Waals surface area contributed by atoms with Crippen LogP contribution in [0.4, 0.5) is 10.1 Å². The van der Waals surface area contributed by atoms with E-state index in [0.29, 0.717) is 5.69 Å². The van der Waals surface area contributed by atoms with Crippen molar-refractivity contribution in [2.75, 3.05) is 5.32 Å². The SMILES string of the molecule is N#CC1(C#N)C(C(=O)Nc2ccc(F)cc2)C1c1ccccc1. The Labute approximate surface area is 132 Å². The Bertz CT molecular complexity index is 804. The van der Waals surface area contributed by atoms with E-state index in [2.05, 4.69) is 5.32 Å². The second kappa shape index (κ2) is 5.55. The molecule has 2 aromatic carbocycles. The molecule has 112 valence electrons. The number of halogens is 1. The number of nitrogens with zero attached hydrogens (tertiary/aromatic N) is 2. The molecular weight excluding hydrogens is 293 g/mol. The van der Waals surface area contributed by atoms with Gasteiger partial charge in [0.05, 0.1) is 18.1 Å². The summed E-state index contributed by atoms with van der Waals surface area (Å²) in [4.78, 5) is 12.5. The fraction of sp³-hybridized carbons (Fsp3) is 0.167. The van der Waals surface area contributed by atoms with Crippen molar-refractivity contribution in [3.63, 3.8) is 0 Å². The molecule has 0 aromatic heterocycles. The molecule has 1 aliphatic rings. The van der Waals surface area contributed by atoms with Gasteiger partial charge >= 0.3 is 0 Å². The van der Waals surface area contributed by atoms with Gasteiger partial charge in [0.25, 0.3) is 0 Å². The first-order valence-corrected chi connectivity index (χ1v) is 7.06. The Hall–Kier alpha value is -3.18. The lowest BCUT2D eigenvalue weighted by Gasteiger charge is -2.04. The number of carbonyl (C=O) groups is 1. The maximum Gasteiger partial charge on any atom is 0.230 e. The summed E-state index contributed by atoms with van der Waals surface area (Å²) in [5.74, 6) is -2.02. The predicted molar refractivity (Wildman–Crippen MR) is 81.4 cm³/mol. The van der Waals surface area contributed by atoms with Crippen molar-refractivity contribution < 1.29 is 9.18 Å². The summed E-state index contributed by atoms with van der Waals surface area (Å²) < 4.78 is 12.9. The first-order chi connectivity index (χ1) is 11.1. The lowest BCUT2D eigenvalue weighted by molar-refractivity contribution is -0.117. The zero-order valence-corrected chi connectivity index (χ0v) is 12.0. The third kappa shape index (κ3) is 2.43. The van der Waals surface area contributed by atoms with Crippen molar-refractivity contribution in [1.29, 1.82) is 10.5 Å². The van der Waals surface area contributed by atoms with Crippen molar-refractivity contribution in [1.82, 2.24) is 0 Å². The second-order valence-electron chi connectivity index (χ2n) is 5.45. The lowest BCUT2D eigenvalue weighted by atomic mass is 10.0. The standard InChI is InChI=1S/C18H12FN3O/c19-13-6-8-14(9-7-13)22-17(23)16-15(18(16,10-20)11-21)12-4-2-1-3-5-12/h1-9,15-16H,(H,22,23). The van der Waals surface area contributed by atoms with E-state index in [-0.39, 0.29) is 0 Å². The fourth-order valence-corrected chi connectivity index (χ4v) is 2.92. The molecule has 4 nitrogen and oxygen atoms in total. The number of nitrogens with one attached hydrogen (secondary N) is 1. The van der Waals surface area contributed by atoms with Crippen LogP contribution >= 0.6 is 0 Å². The Morgan fingerprint density at radius 1 is 1.04 bits per heavy atom. The van der Waals surface area contributed by atoms with Crippen molar-refractivity contribution in [2.24, 2.45) is 11.3 Å². The van der Waals surface area contributed by atoms with Gasteiger partial charge in [0.2, 0.25) is 5.91 Å². The van der Waals surface area contributed by atoms with Crippen LogP contribution in [0.5, 0.6) is 0 Å². The number of hydrogen-bond acceptors (Lipinski definition) is 3. The average Bonchev–Trinajstić information content (AvgIpc) is 3.27. The highest BCUT2D eigenvalue weighted by atomic mass is 19.1. The van der Waals surface area contributed by atoms with Gasteiger partial charge < -0.3 is 5.32 Å². The van der Waals surface area contributed by atoms with Crippen LogP contribution in [0.15, 0.2) is 54.6 Å². The van der Waals surface area contributed by atoms with Crippen LogP contribution in [-0.4, -0.2) is 5.91 Å². The van der Waals surface area contributed by atoms with Gasteiger partial charge in [-0.05, 0) is 29.8 Å². The molecule has 1 N–H and O–H groups in total. The molecule has 1 fully saturated rings. The molecule has 0 aliphatic heterocycles. The molecule has 2 aromatic rings. The normalized spacial score (nSPS) is 20.8. The van der Waals surface area contributed by atoms with Gasteiger partial charge in [-0.2, -0.15) is 10.5 Å². The van der Waals surface area contributed by atoms with Crippen LogP contribution in [0.1, 0.15) is 11.5 Å². The quantitative estimate of drug-likeness (QED) is 0.946. The molecule has 1 saturated carbocycles. The van der Waals surface area contributed by atoms with Crippen LogP contribution in [0, 0.1) is 39.8 Å². The Morgan fingerprint density at radius 2 is 1.65 bits per heavy atom. The van der Waals surface area contributed by atoms with Gasteiger partial charge in [0.1, 0.15) is 5.82 Å².